The molecule has 0 aromatic rings. The number of esters is 1. The second-order valence-corrected chi connectivity index (χ2v) is 11.4. The summed E-state index contributed by atoms with van der Waals surface area (Å²) in [6, 6.07) is 0. The van der Waals surface area contributed by atoms with Crippen LogP contribution in [0.5, 0.6) is 0 Å². The predicted octanol–water partition coefficient (Wildman–Crippen LogP) is 4.22. The van der Waals surface area contributed by atoms with E-state index in [9.17, 15) is 20.1 Å². The number of rotatable bonds is 4. The summed E-state index contributed by atoms with van der Waals surface area (Å²) < 4.78 is 5.47. The molecule has 5 nitrogen and oxygen atoms in total. The second kappa shape index (κ2) is 8.73. The highest BCUT2D eigenvalue weighted by molar-refractivity contribution is 5.80. The summed E-state index contributed by atoms with van der Waals surface area (Å²) in [5.74, 6) is 1.06. The van der Waals surface area contributed by atoms with Crippen LogP contribution in [0.2, 0.25) is 0 Å². The molecule has 8 atom stereocenters. The molecule has 1 heterocycles. The summed E-state index contributed by atoms with van der Waals surface area (Å²) in [6.45, 7) is 10.3. The number of hydrogen-bond donors (Lipinski definition) is 3. The molecule has 5 heteroatoms. The van der Waals surface area contributed by atoms with E-state index in [1.807, 2.05) is 0 Å². The van der Waals surface area contributed by atoms with Crippen LogP contribution in [0, 0.1) is 23.2 Å². The number of hydrogen-bond acceptors (Lipinski definition) is 5. The fraction of sp³-hybridized carbons (Fsp3) is 0.741. The monoisotopic (exact) mass is 444 g/mol. The van der Waals surface area contributed by atoms with Crippen molar-refractivity contribution in [2.75, 3.05) is 0 Å². The molecule has 1 saturated heterocycles. The van der Waals surface area contributed by atoms with Crippen molar-refractivity contribution in [3.63, 3.8) is 0 Å². The maximum absolute atomic E-state index is 11.9. The third-order valence-corrected chi connectivity index (χ3v) is 8.96. The molecule has 0 aromatic heterocycles. The molecule has 178 valence electrons. The second-order valence-electron chi connectivity index (χ2n) is 11.4. The number of aliphatic hydroxyl groups excluding tert-OH is 2. The van der Waals surface area contributed by atoms with Crippen LogP contribution >= 0.6 is 0 Å². The van der Waals surface area contributed by atoms with Crippen LogP contribution in [0.4, 0.5) is 0 Å². The van der Waals surface area contributed by atoms with Crippen LogP contribution < -0.4 is 0 Å². The Morgan fingerprint density at radius 2 is 2.00 bits per heavy atom. The Labute approximate surface area is 192 Å². The lowest BCUT2D eigenvalue weighted by Crippen LogP contribution is -2.36. The van der Waals surface area contributed by atoms with Gasteiger partial charge >= 0.3 is 5.97 Å². The highest BCUT2D eigenvalue weighted by Gasteiger charge is 2.52. The Morgan fingerprint density at radius 1 is 1.25 bits per heavy atom. The Balaban J connectivity index is 1.47. The van der Waals surface area contributed by atoms with Crippen molar-refractivity contribution in [1.82, 2.24) is 0 Å². The topological polar surface area (TPSA) is 87.0 Å². The molecule has 4 aliphatic rings. The summed E-state index contributed by atoms with van der Waals surface area (Å²) in [5.41, 5.74) is 2.08. The van der Waals surface area contributed by atoms with Gasteiger partial charge in [-0.2, -0.15) is 0 Å². The summed E-state index contributed by atoms with van der Waals surface area (Å²) in [7, 11) is 0. The molecule has 3 aliphatic carbocycles. The van der Waals surface area contributed by atoms with Gasteiger partial charge in [-0.25, -0.2) is 4.79 Å². The average molecular weight is 445 g/mol. The Hall–Kier alpha value is -1.43. The molecule has 5 unspecified atom stereocenters. The number of ether oxygens (including phenoxy) is 1. The Bertz CT molecular complexity index is 824. The first-order valence-electron chi connectivity index (χ1n) is 12.4. The van der Waals surface area contributed by atoms with Crippen LogP contribution in [0.1, 0.15) is 78.6 Å². The molecule has 4 fully saturated rings. The number of cyclic esters (lactones) is 1. The zero-order valence-electron chi connectivity index (χ0n) is 19.8. The normalized spacial score (nSPS) is 45.9. The number of aliphatic hydroxyl groups is 3. The van der Waals surface area contributed by atoms with Gasteiger partial charge in [0.2, 0.25) is 0 Å². The van der Waals surface area contributed by atoms with E-state index in [1.54, 1.807) is 6.92 Å². The van der Waals surface area contributed by atoms with Crippen LogP contribution in [-0.2, 0) is 9.53 Å². The minimum absolute atomic E-state index is 0.186. The van der Waals surface area contributed by atoms with Crippen LogP contribution in [0.3, 0.4) is 0 Å². The molecule has 0 aromatic carbocycles. The Morgan fingerprint density at radius 3 is 2.69 bits per heavy atom. The fourth-order valence-electron chi connectivity index (χ4n) is 7.24. The summed E-state index contributed by atoms with van der Waals surface area (Å²) in [6.07, 6.45) is 11.0. The third-order valence-electron chi connectivity index (χ3n) is 8.96. The molecule has 0 spiro atoms. The molecular formula is C27H40O5. The van der Waals surface area contributed by atoms with Gasteiger partial charge in [0.1, 0.15) is 6.10 Å². The fourth-order valence-corrected chi connectivity index (χ4v) is 7.24. The van der Waals surface area contributed by atoms with Crippen molar-refractivity contribution in [3.05, 3.63) is 35.5 Å². The van der Waals surface area contributed by atoms with Crippen molar-refractivity contribution >= 4 is 5.97 Å². The van der Waals surface area contributed by atoms with Crippen molar-refractivity contribution < 1.29 is 24.9 Å². The minimum Gasteiger partial charge on any atom is -0.460 e. The largest absolute Gasteiger partial charge is 0.460 e. The first-order chi connectivity index (χ1) is 15.0. The molecule has 0 bridgehead atoms. The maximum Gasteiger partial charge on any atom is 0.338 e. The van der Waals surface area contributed by atoms with Gasteiger partial charge in [-0.05, 0) is 86.2 Å². The van der Waals surface area contributed by atoms with Crippen LogP contribution in [0.15, 0.2) is 35.5 Å². The standard InChI is InChI=1S/C27H40O5/c1-16(12-21-15-27(4,31)25(30)32-21)22-9-10-23-18(6-5-11-26(22,23)3)7-8-19-13-20(28)14-24(29)17(19)2/h7-8,16,20-24,28-29,31H,2,5-6,9-15H2,1,3-4H3/b18-7-,19-8+/t16?,20-,21?,22?,23?,24+,26-,27?/m1/s1. The molecule has 3 N–H and O–H groups in total. The molecule has 0 amide bonds. The van der Waals surface area contributed by atoms with E-state index in [2.05, 4.69) is 32.6 Å². The molecule has 1 aliphatic heterocycles. The smallest absolute Gasteiger partial charge is 0.338 e. The summed E-state index contributed by atoms with van der Waals surface area (Å²) in [4.78, 5) is 11.9. The van der Waals surface area contributed by atoms with Gasteiger partial charge in [0, 0.05) is 12.8 Å². The molecule has 4 rings (SSSR count). The van der Waals surface area contributed by atoms with E-state index in [-0.39, 0.29) is 11.5 Å². The first kappa shape index (κ1) is 23.7. The third kappa shape index (κ3) is 4.36. The lowest BCUT2D eigenvalue weighted by Gasteiger charge is -2.44. The highest BCUT2D eigenvalue weighted by atomic mass is 16.6. The summed E-state index contributed by atoms with van der Waals surface area (Å²) in [5, 5.41) is 30.4. The van der Waals surface area contributed by atoms with Gasteiger partial charge in [0.15, 0.2) is 5.60 Å². The lowest BCUT2D eigenvalue weighted by atomic mass is 9.60. The lowest BCUT2D eigenvalue weighted by molar-refractivity contribution is -0.154. The maximum atomic E-state index is 11.9. The van der Waals surface area contributed by atoms with Crippen LogP contribution in [-0.4, -0.2) is 45.2 Å². The highest BCUT2D eigenvalue weighted by Crippen LogP contribution is 2.60. The van der Waals surface area contributed by atoms with Crippen molar-refractivity contribution in [3.8, 4) is 0 Å². The minimum atomic E-state index is -1.34. The van der Waals surface area contributed by atoms with Crippen LogP contribution in [0.25, 0.3) is 0 Å². The number of carbonyl (C=O) groups is 1. The van der Waals surface area contributed by atoms with E-state index in [0.29, 0.717) is 37.0 Å². The number of carbonyl (C=O) groups excluding carboxylic acids is 1. The number of fused-ring (bicyclic) bond motifs is 1. The zero-order valence-corrected chi connectivity index (χ0v) is 19.8. The van der Waals surface area contributed by atoms with E-state index in [1.165, 1.54) is 31.3 Å². The van der Waals surface area contributed by atoms with Gasteiger partial charge in [0.25, 0.3) is 0 Å². The predicted molar refractivity (Wildman–Crippen MR) is 124 cm³/mol. The average Bonchev–Trinajstić information content (AvgIpc) is 3.18. The van der Waals surface area contributed by atoms with E-state index < -0.39 is 23.8 Å². The molecule has 32 heavy (non-hydrogen) atoms. The molecule has 3 saturated carbocycles. The SMILES string of the molecule is C=C1/C(=C/C=C2/CCC[C@@]3(C)C2CCC3C(C)CC2CC(C)(O)C(=O)O2)C[C@@H](O)C[C@@H]1O. The number of allylic oxidation sites excluding steroid dienone is 3. The van der Waals surface area contributed by atoms with Gasteiger partial charge in [-0.3, -0.25) is 0 Å². The van der Waals surface area contributed by atoms with Gasteiger partial charge in [-0.1, -0.05) is 38.2 Å². The van der Waals surface area contributed by atoms with E-state index in [0.717, 1.165) is 24.0 Å². The van der Waals surface area contributed by atoms with Crippen molar-refractivity contribution in [2.45, 2.75) is 102 Å². The molecular weight excluding hydrogens is 404 g/mol. The van der Waals surface area contributed by atoms with Gasteiger partial charge in [-0.15, -0.1) is 0 Å². The van der Waals surface area contributed by atoms with Crippen molar-refractivity contribution in [2.24, 2.45) is 23.2 Å². The zero-order chi connectivity index (χ0) is 23.3. The summed E-state index contributed by atoms with van der Waals surface area (Å²) >= 11 is 0. The quantitative estimate of drug-likeness (QED) is 0.565. The van der Waals surface area contributed by atoms with Gasteiger partial charge < -0.3 is 20.1 Å². The van der Waals surface area contributed by atoms with E-state index in [4.69, 9.17) is 4.74 Å². The molecule has 0 radical (unpaired) electrons. The van der Waals surface area contributed by atoms with Crippen molar-refractivity contribution in [1.29, 1.82) is 0 Å². The first-order valence-corrected chi connectivity index (χ1v) is 12.4. The van der Waals surface area contributed by atoms with E-state index >= 15 is 0 Å². The Kier molecular flexibility index (Phi) is 6.47. The van der Waals surface area contributed by atoms with Gasteiger partial charge in [0.05, 0.1) is 12.2 Å².